The summed E-state index contributed by atoms with van der Waals surface area (Å²) < 4.78 is 0. The summed E-state index contributed by atoms with van der Waals surface area (Å²) in [6, 6.07) is 10.7. The molecule has 14 heavy (non-hydrogen) atoms. The van der Waals surface area contributed by atoms with Gasteiger partial charge >= 0.3 is 0 Å². The van der Waals surface area contributed by atoms with Crippen LogP contribution in [0, 0.1) is 15.3 Å². The molecule has 0 heterocycles. The van der Waals surface area contributed by atoms with Gasteiger partial charge in [0.25, 0.3) is 0 Å². The molecule has 0 aromatic heterocycles. The van der Waals surface area contributed by atoms with E-state index in [1.165, 1.54) is 5.30 Å². The molecule has 5 heteroatoms. The van der Waals surface area contributed by atoms with Crippen molar-refractivity contribution in [1.29, 1.82) is 0 Å². The lowest BCUT2D eigenvalue weighted by Crippen LogP contribution is -2.05. The Labute approximate surface area is 84.0 Å². The van der Waals surface area contributed by atoms with Gasteiger partial charge in [0.15, 0.2) is 0 Å². The van der Waals surface area contributed by atoms with Crippen molar-refractivity contribution in [1.82, 2.24) is 0 Å². The highest BCUT2D eigenvalue weighted by Crippen LogP contribution is 2.44. The summed E-state index contributed by atoms with van der Waals surface area (Å²) in [6.45, 7) is 7.01. The van der Waals surface area contributed by atoms with E-state index in [0.29, 0.717) is 0 Å². The maximum absolute atomic E-state index is 8.25. The second-order valence-electron chi connectivity index (χ2n) is 3.57. The molecule has 0 saturated carbocycles. The van der Waals surface area contributed by atoms with Crippen LogP contribution in [0.5, 0.6) is 0 Å². The molecule has 0 aliphatic rings. The Bertz CT molecular complexity index is 278. The average Bonchev–Trinajstić information content (AvgIpc) is 2.03. The van der Waals surface area contributed by atoms with Gasteiger partial charge in [-0.1, -0.05) is 18.2 Å². The molecule has 0 fully saturated rings. The summed E-state index contributed by atoms with van der Waals surface area (Å²) in [7, 11) is -0.768. The van der Waals surface area contributed by atoms with Crippen LogP contribution < -0.4 is 5.30 Å². The summed E-state index contributed by atoms with van der Waals surface area (Å²) in [5, 5.41) is 16.3. The van der Waals surface area contributed by atoms with Gasteiger partial charge < -0.3 is 15.3 Å². The van der Waals surface area contributed by atoms with E-state index in [9.17, 15) is 0 Å². The van der Waals surface area contributed by atoms with E-state index in [2.05, 4.69) is 50.3 Å². The molecular weight excluding hydrogens is 201 g/mol. The topological polar surface area (TPSA) is 66.2 Å². The van der Waals surface area contributed by atoms with Gasteiger partial charge in [0, 0.05) is 7.26 Å². The Morgan fingerprint density at radius 3 is 1.64 bits per heavy atom. The first kappa shape index (κ1) is 12.8. The fourth-order valence-corrected chi connectivity index (χ4v) is 1.94. The van der Waals surface area contributed by atoms with E-state index >= 15 is 0 Å². The number of rotatable bonds is 1. The Kier molecular flexibility index (Phi) is 5.10. The predicted octanol–water partition coefficient (Wildman–Crippen LogP) is 1.98. The minimum Gasteiger partial charge on any atom is -0.356 e. The van der Waals surface area contributed by atoms with Crippen LogP contribution in [0.4, 0.5) is 0 Å². The van der Waals surface area contributed by atoms with Gasteiger partial charge in [-0.05, 0) is 12.1 Å². The third kappa shape index (κ3) is 6.38. The van der Waals surface area contributed by atoms with Crippen molar-refractivity contribution < 1.29 is 5.09 Å². The van der Waals surface area contributed by atoms with Gasteiger partial charge in [-0.2, -0.15) is 0 Å². The van der Waals surface area contributed by atoms with E-state index < -0.39 is 12.3 Å². The molecule has 0 atom stereocenters. The van der Waals surface area contributed by atoms with Crippen LogP contribution in [-0.4, -0.2) is 25.1 Å². The molecule has 0 aliphatic heterocycles. The van der Waals surface area contributed by atoms with E-state index in [1.807, 2.05) is 0 Å². The lowest BCUT2D eigenvalue weighted by Gasteiger charge is -2.10. The van der Waals surface area contributed by atoms with Crippen LogP contribution in [0.15, 0.2) is 30.3 Å². The van der Waals surface area contributed by atoms with Crippen molar-refractivity contribution in [3.05, 3.63) is 45.7 Å². The van der Waals surface area contributed by atoms with Crippen LogP contribution >= 0.6 is 7.26 Å². The number of hydrogen-bond donors (Lipinski definition) is 0. The van der Waals surface area contributed by atoms with Crippen LogP contribution in [0.1, 0.15) is 0 Å². The predicted molar refractivity (Wildman–Crippen MR) is 61.1 cm³/mol. The van der Waals surface area contributed by atoms with E-state index in [-0.39, 0.29) is 0 Å². The van der Waals surface area contributed by atoms with Gasteiger partial charge in [-0.15, -0.1) is 0 Å². The molecule has 1 rings (SSSR count). The second kappa shape index (κ2) is 5.55. The molecule has 0 aliphatic carbocycles. The van der Waals surface area contributed by atoms with Gasteiger partial charge in [0.05, 0.1) is 30.4 Å². The van der Waals surface area contributed by atoms with Crippen molar-refractivity contribution in [3.8, 4) is 0 Å². The van der Waals surface area contributed by atoms with Crippen molar-refractivity contribution in [2.24, 2.45) is 0 Å². The SMILES string of the molecule is C[P+](C)(C)c1ccccc1.O=[N+]([O-])[O-]. The van der Waals surface area contributed by atoms with Crippen LogP contribution in [0.25, 0.3) is 0 Å². The quantitative estimate of drug-likeness (QED) is 0.408. The zero-order chi connectivity index (χ0) is 11.2. The lowest BCUT2D eigenvalue weighted by atomic mass is 10.4. The molecular formula is C9H14NO3P. The second-order valence-corrected chi connectivity index (χ2v) is 8.11. The number of hydrogen-bond acceptors (Lipinski definition) is 3. The standard InChI is InChI=1S/C9H14P.NO3/c1-10(2,3)9-7-5-4-6-8-9;2-1(3)4/h4-8H,1-3H3;/q+1;-1. The monoisotopic (exact) mass is 215 g/mol. The zero-order valence-corrected chi connectivity index (χ0v) is 9.40. The zero-order valence-electron chi connectivity index (χ0n) is 8.51. The van der Waals surface area contributed by atoms with Gasteiger partial charge in [-0.25, -0.2) is 0 Å². The summed E-state index contributed by atoms with van der Waals surface area (Å²) in [5.41, 5.74) is 0. The highest BCUT2D eigenvalue weighted by molar-refractivity contribution is 7.80. The molecule has 0 spiro atoms. The first-order valence-electron chi connectivity index (χ1n) is 4.02. The van der Waals surface area contributed by atoms with E-state index in [1.54, 1.807) is 0 Å². The molecule has 0 unspecified atom stereocenters. The molecule has 0 amide bonds. The summed E-state index contributed by atoms with van der Waals surface area (Å²) in [5.74, 6) is 0. The fourth-order valence-electron chi connectivity index (χ4n) is 0.875. The average molecular weight is 215 g/mol. The Hall–Kier alpha value is -1.15. The molecule has 1 aromatic carbocycles. The van der Waals surface area contributed by atoms with Gasteiger partial charge in [0.1, 0.15) is 0 Å². The van der Waals surface area contributed by atoms with Gasteiger partial charge in [-0.3, -0.25) is 0 Å². The molecule has 0 bridgehead atoms. The number of nitrogens with zero attached hydrogens (tertiary/aromatic N) is 1. The lowest BCUT2D eigenvalue weighted by molar-refractivity contribution is -0.402. The smallest absolute Gasteiger partial charge is 0.0930 e. The third-order valence-corrected chi connectivity index (χ3v) is 3.38. The Morgan fingerprint density at radius 2 is 1.43 bits per heavy atom. The van der Waals surface area contributed by atoms with E-state index in [4.69, 9.17) is 15.3 Å². The Balaban J connectivity index is 0.000000364. The molecule has 0 N–H and O–H groups in total. The molecule has 4 nitrogen and oxygen atoms in total. The van der Waals surface area contributed by atoms with Crippen LogP contribution in [-0.2, 0) is 0 Å². The van der Waals surface area contributed by atoms with E-state index in [0.717, 1.165) is 0 Å². The summed E-state index contributed by atoms with van der Waals surface area (Å²) in [6.07, 6.45) is 0. The van der Waals surface area contributed by atoms with Crippen molar-refractivity contribution in [2.45, 2.75) is 0 Å². The fraction of sp³-hybridized carbons (Fsp3) is 0.333. The van der Waals surface area contributed by atoms with Crippen molar-refractivity contribution in [2.75, 3.05) is 20.0 Å². The maximum Gasteiger partial charge on any atom is 0.0930 e. The first-order valence-corrected chi connectivity index (χ1v) is 7.15. The minimum atomic E-state index is -1.75. The number of benzene rings is 1. The van der Waals surface area contributed by atoms with Gasteiger partial charge in [0.2, 0.25) is 0 Å². The van der Waals surface area contributed by atoms with Crippen molar-refractivity contribution >= 4 is 12.6 Å². The molecule has 78 valence electrons. The molecule has 0 saturated heterocycles. The van der Waals surface area contributed by atoms with Crippen molar-refractivity contribution in [3.63, 3.8) is 0 Å². The van der Waals surface area contributed by atoms with Crippen LogP contribution in [0.2, 0.25) is 0 Å². The highest BCUT2D eigenvalue weighted by atomic mass is 31.2. The normalized spacial score (nSPS) is 9.93. The molecule has 1 aromatic rings. The summed E-state index contributed by atoms with van der Waals surface area (Å²) in [4.78, 5) is 8.25. The third-order valence-electron chi connectivity index (χ3n) is 1.53. The summed E-state index contributed by atoms with van der Waals surface area (Å²) >= 11 is 0. The largest absolute Gasteiger partial charge is 0.356 e. The highest BCUT2D eigenvalue weighted by Gasteiger charge is 2.19. The Morgan fingerprint density at radius 1 is 1.07 bits per heavy atom. The van der Waals surface area contributed by atoms with Crippen LogP contribution in [0.3, 0.4) is 0 Å². The maximum atomic E-state index is 8.25. The minimum absolute atomic E-state index is 0.768. The first-order chi connectivity index (χ1) is 6.34. The molecule has 0 radical (unpaired) electrons.